The Balaban J connectivity index is 2.88. The Bertz CT molecular complexity index is 328. The van der Waals surface area contributed by atoms with Gasteiger partial charge in [0.2, 0.25) is 0 Å². The van der Waals surface area contributed by atoms with Crippen LogP contribution < -0.4 is 5.32 Å². The largest absolute Gasteiger partial charge is 0.310 e. The highest BCUT2D eigenvalue weighted by Gasteiger charge is 2.16. The Hall–Kier alpha value is -0.830. The number of unbranched alkanes of at least 4 members (excludes halogenated alkanes) is 1. The molecule has 0 aromatic carbocycles. The lowest BCUT2D eigenvalue weighted by atomic mass is 10.1. The summed E-state index contributed by atoms with van der Waals surface area (Å²) < 4.78 is 2.15. The summed E-state index contributed by atoms with van der Waals surface area (Å²) in [5.74, 6) is 0. The summed E-state index contributed by atoms with van der Waals surface area (Å²) >= 11 is 0. The van der Waals surface area contributed by atoms with Gasteiger partial charge in [-0.05, 0) is 33.7 Å². The van der Waals surface area contributed by atoms with E-state index in [1.807, 2.05) is 0 Å². The molecule has 1 heterocycles. The molecule has 1 aromatic heterocycles. The van der Waals surface area contributed by atoms with E-state index in [0.29, 0.717) is 6.04 Å². The Morgan fingerprint density at radius 3 is 2.56 bits per heavy atom. The van der Waals surface area contributed by atoms with Crippen molar-refractivity contribution in [2.24, 2.45) is 0 Å². The lowest BCUT2D eigenvalue weighted by Crippen LogP contribution is -2.19. The van der Waals surface area contributed by atoms with Crippen molar-refractivity contribution in [1.29, 1.82) is 0 Å². The Morgan fingerprint density at radius 2 is 2.00 bits per heavy atom. The third kappa shape index (κ3) is 2.85. The molecule has 1 N–H and O–H groups in total. The summed E-state index contributed by atoms with van der Waals surface area (Å²) in [5.41, 5.74) is 3.86. The van der Waals surface area contributed by atoms with E-state index in [9.17, 15) is 0 Å². The smallest absolute Gasteiger partial charge is 0.0644 e. The van der Waals surface area contributed by atoms with Gasteiger partial charge in [0, 0.05) is 23.8 Å². The molecule has 1 unspecified atom stereocenters. The Kier molecular flexibility index (Phi) is 5.00. The van der Waals surface area contributed by atoms with Gasteiger partial charge in [-0.3, -0.25) is 4.68 Å². The third-order valence-corrected chi connectivity index (χ3v) is 3.10. The number of nitrogens with one attached hydrogen (secondary N) is 1. The van der Waals surface area contributed by atoms with Crippen LogP contribution in [0.2, 0.25) is 0 Å². The molecule has 1 aromatic rings. The molecular formula is C13H25N3. The van der Waals surface area contributed by atoms with E-state index in [1.54, 1.807) is 0 Å². The Morgan fingerprint density at radius 1 is 1.31 bits per heavy atom. The van der Waals surface area contributed by atoms with Crippen molar-refractivity contribution in [2.45, 2.75) is 60.0 Å². The summed E-state index contributed by atoms with van der Waals surface area (Å²) in [6.07, 6.45) is 2.42. The highest BCUT2D eigenvalue weighted by atomic mass is 15.3. The molecule has 16 heavy (non-hydrogen) atoms. The van der Waals surface area contributed by atoms with Crippen molar-refractivity contribution in [3.8, 4) is 0 Å². The van der Waals surface area contributed by atoms with Crippen LogP contribution in [0.1, 0.15) is 56.6 Å². The van der Waals surface area contributed by atoms with Crippen LogP contribution in [0.15, 0.2) is 0 Å². The molecule has 0 fully saturated rings. The summed E-state index contributed by atoms with van der Waals surface area (Å²) in [4.78, 5) is 0. The lowest BCUT2D eigenvalue weighted by Gasteiger charge is -2.13. The van der Waals surface area contributed by atoms with Crippen LogP contribution in [0.4, 0.5) is 0 Å². The zero-order valence-electron chi connectivity index (χ0n) is 11.3. The molecule has 0 aliphatic carbocycles. The van der Waals surface area contributed by atoms with Crippen molar-refractivity contribution >= 4 is 0 Å². The zero-order valence-corrected chi connectivity index (χ0v) is 11.3. The maximum Gasteiger partial charge on any atom is 0.0644 e. The van der Waals surface area contributed by atoms with Crippen molar-refractivity contribution in [3.63, 3.8) is 0 Å². The molecule has 0 spiro atoms. The summed E-state index contributed by atoms with van der Waals surface area (Å²) in [6.45, 7) is 12.9. The monoisotopic (exact) mass is 223 g/mol. The van der Waals surface area contributed by atoms with Gasteiger partial charge >= 0.3 is 0 Å². The zero-order chi connectivity index (χ0) is 12.1. The van der Waals surface area contributed by atoms with Gasteiger partial charge in [0.05, 0.1) is 5.69 Å². The maximum absolute atomic E-state index is 4.63. The van der Waals surface area contributed by atoms with Crippen LogP contribution in [0, 0.1) is 13.8 Å². The van der Waals surface area contributed by atoms with E-state index < -0.39 is 0 Å². The van der Waals surface area contributed by atoms with Crippen molar-refractivity contribution in [1.82, 2.24) is 15.1 Å². The van der Waals surface area contributed by atoms with Crippen molar-refractivity contribution < 1.29 is 0 Å². The average Bonchev–Trinajstić information content (AvgIpc) is 2.51. The van der Waals surface area contributed by atoms with Crippen LogP contribution in [0.3, 0.4) is 0 Å². The minimum Gasteiger partial charge on any atom is -0.310 e. The average molecular weight is 223 g/mol. The van der Waals surface area contributed by atoms with E-state index >= 15 is 0 Å². The van der Waals surface area contributed by atoms with E-state index in [0.717, 1.165) is 13.1 Å². The topological polar surface area (TPSA) is 29.9 Å². The fourth-order valence-corrected chi connectivity index (χ4v) is 2.27. The first kappa shape index (κ1) is 13.2. The predicted octanol–water partition coefficient (Wildman–Crippen LogP) is 2.97. The molecule has 0 radical (unpaired) electrons. The fourth-order valence-electron chi connectivity index (χ4n) is 2.27. The summed E-state index contributed by atoms with van der Waals surface area (Å²) in [6, 6.07) is 0.403. The molecule has 0 aliphatic rings. The highest BCUT2D eigenvalue weighted by molar-refractivity contribution is 5.27. The molecule has 0 amide bonds. The first-order valence-electron chi connectivity index (χ1n) is 6.39. The molecular weight excluding hydrogens is 198 g/mol. The standard InChI is InChI=1S/C13H25N3/c1-6-8-9-16-12(5)13(11(4)15-16)10(3)14-7-2/h10,14H,6-9H2,1-5H3. The van der Waals surface area contributed by atoms with Gasteiger partial charge < -0.3 is 5.32 Å². The molecule has 3 heteroatoms. The van der Waals surface area contributed by atoms with Crippen LogP contribution in [0.25, 0.3) is 0 Å². The van der Waals surface area contributed by atoms with E-state index in [-0.39, 0.29) is 0 Å². The molecule has 0 saturated heterocycles. The van der Waals surface area contributed by atoms with Crippen LogP contribution in [-0.4, -0.2) is 16.3 Å². The second kappa shape index (κ2) is 6.04. The molecule has 0 saturated carbocycles. The van der Waals surface area contributed by atoms with Crippen molar-refractivity contribution in [3.05, 3.63) is 17.0 Å². The summed E-state index contributed by atoms with van der Waals surface area (Å²) in [5, 5.41) is 8.09. The number of aromatic nitrogens is 2. The normalized spacial score (nSPS) is 13.1. The molecule has 3 nitrogen and oxygen atoms in total. The first-order valence-corrected chi connectivity index (χ1v) is 6.39. The van der Waals surface area contributed by atoms with Gasteiger partial charge in [-0.2, -0.15) is 5.10 Å². The van der Waals surface area contributed by atoms with Gasteiger partial charge in [-0.25, -0.2) is 0 Å². The molecule has 1 atom stereocenters. The predicted molar refractivity (Wildman–Crippen MR) is 68.7 cm³/mol. The van der Waals surface area contributed by atoms with E-state index in [4.69, 9.17) is 0 Å². The summed E-state index contributed by atoms with van der Waals surface area (Å²) in [7, 11) is 0. The number of nitrogens with zero attached hydrogens (tertiary/aromatic N) is 2. The van der Waals surface area contributed by atoms with Crippen LogP contribution in [-0.2, 0) is 6.54 Å². The van der Waals surface area contributed by atoms with E-state index in [1.165, 1.54) is 29.8 Å². The Labute approximate surface area is 99.2 Å². The third-order valence-electron chi connectivity index (χ3n) is 3.10. The van der Waals surface area contributed by atoms with Crippen LogP contribution >= 0.6 is 0 Å². The number of hydrogen-bond donors (Lipinski definition) is 1. The molecule has 0 aliphatic heterocycles. The maximum atomic E-state index is 4.63. The fraction of sp³-hybridized carbons (Fsp3) is 0.769. The number of aryl methyl sites for hydroxylation is 2. The SMILES string of the molecule is CCCCn1nc(C)c(C(C)NCC)c1C. The molecule has 1 rings (SSSR count). The van der Waals surface area contributed by atoms with Gasteiger partial charge in [-0.15, -0.1) is 0 Å². The lowest BCUT2D eigenvalue weighted by molar-refractivity contribution is 0.550. The van der Waals surface area contributed by atoms with Crippen molar-refractivity contribution in [2.75, 3.05) is 6.54 Å². The molecule has 0 bridgehead atoms. The van der Waals surface area contributed by atoms with Gasteiger partial charge in [0.25, 0.3) is 0 Å². The van der Waals surface area contributed by atoms with Gasteiger partial charge in [0.1, 0.15) is 0 Å². The second-order valence-electron chi connectivity index (χ2n) is 4.44. The van der Waals surface area contributed by atoms with Crippen LogP contribution in [0.5, 0.6) is 0 Å². The highest BCUT2D eigenvalue weighted by Crippen LogP contribution is 2.21. The number of hydrogen-bond acceptors (Lipinski definition) is 2. The van der Waals surface area contributed by atoms with E-state index in [2.05, 4.69) is 49.7 Å². The first-order chi connectivity index (χ1) is 7.61. The quantitative estimate of drug-likeness (QED) is 0.803. The van der Waals surface area contributed by atoms with Gasteiger partial charge in [-0.1, -0.05) is 20.3 Å². The van der Waals surface area contributed by atoms with Gasteiger partial charge in [0.15, 0.2) is 0 Å². The second-order valence-corrected chi connectivity index (χ2v) is 4.44. The molecule has 92 valence electrons. The minimum atomic E-state index is 0.403. The minimum absolute atomic E-state index is 0.403. The number of rotatable bonds is 6.